The average Bonchev–Trinajstić information content (AvgIpc) is 1.84. The Bertz CT molecular complexity index is 182. The monoisotopic (exact) mass is 139 g/mol. The number of carbonyl (C=O) groups is 1. The molecule has 56 valence electrons. The molecule has 0 rings (SSSR count). The molecule has 1 amide bonds. The number of rotatable bonds is 2. The molecular weight excluding hydrogens is 126 g/mol. The van der Waals surface area contributed by atoms with E-state index in [2.05, 4.69) is 13.2 Å². The summed E-state index contributed by atoms with van der Waals surface area (Å²) in [5.41, 5.74) is 1.26. The van der Waals surface area contributed by atoms with Crippen LogP contribution in [-0.2, 0) is 4.79 Å². The molecule has 0 unspecified atom stereocenters. The highest BCUT2D eigenvalue weighted by Crippen LogP contribution is 2.01. The van der Waals surface area contributed by atoms with Gasteiger partial charge in [-0.05, 0) is 13.8 Å². The van der Waals surface area contributed by atoms with Crippen molar-refractivity contribution in [2.24, 2.45) is 0 Å². The van der Waals surface area contributed by atoms with Crippen molar-refractivity contribution < 1.29 is 4.79 Å². The highest BCUT2D eigenvalue weighted by molar-refractivity contribution is 5.93. The molecule has 0 N–H and O–H groups in total. The van der Waals surface area contributed by atoms with Crippen LogP contribution >= 0.6 is 0 Å². The minimum atomic E-state index is -0.0764. The third-order valence-electron chi connectivity index (χ3n) is 1.24. The molecule has 0 aromatic heterocycles. The Morgan fingerprint density at radius 3 is 1.80 bits per heavy atom. The second-order valence-electron chi connectivity index (χ2n) is 2.38. The predicted octanol–water partition coefficient (Wildman–Crippen LogP) is 1.55. The third-order valence-corrected chi connectivity index (χ3v) is 1.24. The Kier molecular flexibility index (Phi) is 2.87. The van der Waals surface area contributed by atoms with Gasteiger partial charge in [0, 0.05) is 18.3 Å². The molecule has 0 aliphatic carbocycles. The summed E-state index contributed by atoms with van der Waals surface area (Å²) in [6, 6.07) is 0. The van der Waals surface area contributed by atoms with E-state index in [0.29, 0.717) is 5.57 Å². The lowest BCUT2D eigenvalue weighted by molar-refractivity contribution is -0.124. The van der Waals surface area contributed by atoms with Crippen molar-refractivity contribution in [2.75, 3.05) is 7.05 Å². The fourth-order valence-corrected chi connectivity index (χ4v) is 0.460. The second-order valence-corrected chi connectivity index (χ2v) is 2.38. The summed E-state index contributed by atoms with van der Waals surface area (Å²) < 4.78 is 0. The lowest BCUT2D eigenvalue weighted by Gasteiger charge is -2.15. The number of hydrogen-bond donors (Lipinski definition) is 0. The van der Waals surface area contributed by atoms with E-state index >= 15 is 0 Å². The van der Waals surface area contributed by atoms with Gasteiger partial charge in [0.25, 0.3) is 5.91 Å². The van der Waals surface area contributed by atoms with Crippen molar-refractivity contribution in [2.45, 2.75) is 13.8 Å². The highest BCUT2D eigenvalue weighted by atomic mass is 16.2. The fourth-order valence-electron chi connectivity index (χ4n) is 0.460. The van der Waals surface area contributed by atoms with Crippen LogP contribution in [0.3, 0.4) is 0 Å². The fraction of sp³-hybridized carbons (Fsp3) is 0.375. The molecule has 0 fully saturated rings. The minimum absolute atomic E-state index is 0.0764. The summed E-state index contributed by atoms with van der Waals surface area (Å²) in [5.74, 6) is -0.0764. The van der Waals surface area contributed by atoms with Gasteiger partial charge in [-0.3, -0.25) is 4.79 Å². The smallest absolute Gasteiger partial charge is 0.252 e. The Balaban J connectivity index is 4.22. The lowest BCUT2D eigenvalue weighted by atomic mass is 10.3. The van der Waals surface area contributed by atoms with Gasteiger partial charge in [0.1, 0.15) is 0 Å². The molecule has 0 saturated carbocycles. The van der Waals surface area contributed by atoms with E-state index in [-0.39, 0.29) is 5.91 Å². The highest BCUT2D eigenvalue weighted by Gasteiger charge is 2.07. The van der Waals surface area contributed by atoms with Crippen LogP contribution in [0.2, 0.25) is 0 Å². The van der Waals surface area contributed by atoms with Gasteiger partial charge in [-0.25, -0.2) is 0 Å². The van der Waals surface area contributed by atoms with E-state index < -0.39 is 0 Å². The van der Waals surface area contributed by atoms with Gasteiger partial charge >= 0.3 is 0 Å². The molecule has 0 aromatic rings. The Labute approximate surface area is 61.8 Å². The lowest BCUT2D eigenvalue weighted by Crippen LogP contribution is -2.24. The van der Waals surface area contributed by atoms with Crippen LogP contribution < -0.4 is 0 Å². The maximum atomic E-state index is 11.0. The molecule has 0 atom stereocenters. The zero-order chi connectivity index (χ0) is 8.31. The SMILES string of the molecule is C=C(C)C(=O)N(C)C(=C)C. The van der Waals surface area contributed by atoms with Crippen molar-refractivity contribution in [3.8, 4) is 0 Å². The first kappa shape index (κ1) is 8.95. The van der Waals surface area contributed by atoms with Crippen molar-refractivity contribution in [3.63, 3.8) is 0 Å². The van der Waals surface area contributed by atoms with Gasteiger partial charge in [0.2, 0.25) is 0 Å². The standard InChI is InChI=1S/C8H13NO/c1-6(2)8(10)9(5)7(3)4/h1,3H2,2,4-5H3. The van der Waals surface area contributed by atoms with E-state index in [1.54, 1.807) is 20.9 Å². The zero-order valence-corrected chi connectivity index (χ0v) is 6.77. The van der Waals surface area contributed by atoms with E-state index in [4.69, 9.17) is 0 Å². The number of carbonyl (C=O) groups excluding carboxylic acids is 1. The van der Waals surface area contributed by atoms with Crippen LogP contribution in [0.4, 0.5) is 0 Å². The predicted molar refractivity (Wildman–Crippen MR) is 42.4 cm³/mol. The van der Waals surface area contributed by atoms with Crippen LogP contribution in [-0.4, -0.2) is 17.9 Å². The summed E-state index contributed by atoms with van der Waals surface area (Å²) in [7, 11) is 1.68. The molecule has 0 bridgehead atoms. The van der Waals surface area contributed by atoms with Gasteiger partial charge in [0.05, 0.1) is 0 Å². The Morgan fingerprint density at radius 2 is 1.70 bits per heavy atom. The van der Waals surface area contributed by atoms with E-state index in [1.807, 2.05) is 0 Å². The van der Waals surface area contributed by atoms with Gasteiger partial charge < -0.3 is 4.90 Å². The van der Waals surface area contributed by atoms with Crippen LogP contribution in [0.15, 0.2) is 24.4 Å². The van der Waals surface area contributed by atoms with E-state index in [1.165, 1.54) is 4.90 Å². The Hall–Kier alpha value is -1.05. The summed E-state index contributed by atoms with van der Waals surface area (Å²) in [6.07, 6.45) is 0. The third kappa shape index (κ3) is 2.05. The Morgan fingerprint density at radius 1 is 1.30 bits per heavy atom. The van der Waals surface area contributed by atoms with Crippen molar-refractivity contribution in [1.82, 2.24) is 4.90 Å². The van der Waals surface area contributed by atoms with Crippen LogP contribution in [0, 0.1) is 0 Å². The summed E-state index contributed by atoms with van der Waals surface area (Å²) >= 11 is 0. The molecule has 0 spiro atoms. The maximum Gasteiger partial charge on any atom is 0.252 e. The van der Waals surface area contributed by atoms with Gasteiger partial charge in [-0.15, -0.1) is 0 Å². The number of allylic oxidation sites excluding steroid dienone is 1. The number of hydrogen-bond acceptors (Lipinski definition) is 1. The van der Waals surface area contributed by atoms with Gasteiger partial charge in [-0.1, -0.05) is 13.2 Å². The normalized spacial score (nSPS) is 8.70. The van der Waals surface area contributed by atoms with Gasteiger partial charge in [-0.2, -0.15) is 0 Å². The van der Waals surface area contributed by atoms with Crippen molar-refractivity contribution in [3.05, 3.63) is 24.4 Å². The molecule has 0 radical (unpaired) electrons. The van der Waals surface area contributed by atoms with E-state index in [9.17, 15) is 4.79 Å². The van der Waals surface area contributed by atoms with Crippen molar-refractivity contribution >= 4 is 5.91 Å². The van der Waals surface area contributed by atoms with Crippen LogP contribution in [0.5, 0.6) is 0 Å². The number of amides is 1. The topological polar surface area (TPSA) is 20.3 Å². The van der Waals surface area contributed by atoms with Crippen LogP contribution in [0.1, 0.15) is 13.8 Å². The second kappa shape index (κ2) is 3.20. The van der Waals surface area contributed by atoms with Crippen molar-refractivity contribution in [1.29, 1.82) is 0 Å². The first-order chi connectivity index (χ1) is 4.46. The minimum Gasteiger partial charge on any atom is -0.316 e. The molecule has 0 aliphatic heterocycles. The summed E-state index contributed by atoms with van der Waals surface area (Å²) in [5, 5.41) is 0. The molecule has 0 aliphatic rings. The molecular formula is C8H13NO. The molecule has 2 nitrogen and oxygen atoms in total. The molecule has 0 saturated heterocycles. The number of likely N-dealkylation sites (N-methyl/N-ethyl adjacent to an activating group) is 1. The van der Waals surface area contributed by atoms with Crippen LogP contribution in [0.25, 0.3) is 0 Å². The first-order valence-electron chi connectivity index (χ1n) is 3.06. The molecule has 0 aromatic carbocycles. The average molecular weight is 139 g/mol. The molecule has 10 heavy (non-hydrogen) atoms. The largest absolute Gasteiger partial charge is 0.316 e. The maximum absolute atomic E-state index is 11.0. The number of nitrogens with zero attached hydrogens (tertiary/aromatic N) is 1. The molecule has 0 heterocycles. The summed E-state index contributed by atoms with van der Waals surface area (Å²) in [6.45, 7) is 10.6. The van der Waals surface area contributed by atoms with Gasteiger partial charge in [0.15, 0.2) is 0 Å². The first-order valence-corrected chi connectivity index (χ1v) is 3.06. The zero-order valence-electron chi connectivity index (χ0n) is 6.77. The van der Waals surface area contributed by atoms with E-state index in [0.717, 1.165) is 5.70 Å². The molecule has 2 heteroatoms. The summed E-state index contributed by atoms with van der Waals surface area (Å²) in [4.78, 5) is 12.5. The quantitative estimate of drug-likeness (QED) is 0.531.